The van der Waals surface area contributed by atoms with Gasteiger partial charge in [-0.3, -0.25) is 0 Å². The first-order chi connectivity index (χ1) is 6.93. The fourth-order valence-electron chi connectivity index (χ4n) is 0.908. The van der Waals surface area contributed by atoms with Gasteiger partial charge in [-0.15, -0.1) is 6.58 Å². The molecule has 0 aliphatic carbocycles. The minimum Gasteiger partial charge on any atom is -0.375 e. The second-order valence-corrected chi connectivity index (χ2v) is 3.75. The molecule has 0 saturated heterocycles. The van der Waals surface area contributed by atoms with Crippen molar-refractivity contribution in [1.29, 1.82) is 0 Å². The average molecular weight is 210 g/mol. The van der Waals surface area contributed by atoms with Crippen molar-refractivity contribution in [2.75, 3.05) is 19.8 Å². The van der Waals surface area contributed by atoms with E-state index in [1.165, 1.54) is 5.30 Å². The van der Waals surface area contributed by atoms with E-state index in [-0.39, 0.29) is 0 Å². The van der Waals surface area contributed by atoms with Crippen LogP contribution in [0.5, 0.6) is 0 Å². The lowest BCUT2D eigenvalue weighted by Crippen LogP contribution is -2.02. The van der Waals surface area contributed by atoms with Crippen LogP contribution >= 0.6 is 8.81 Å². The Bertz CT molecular complexity index is 249. The highest BCUT2D eigenvalue weighted by molar-refractivity contribution is 7.41. The van der Waals surface area contributed by atoms with Gasteiger partial charge in [0.15, 0.2) is 0 Å². The van der Waals surface area contributed by atoms with E-state index >= 15 is 0 Å². The van der Waals surface area contributed by atoms with Gasteiger partial charge in [-0.2, -0.15) is 0 Å². The van der Waals surface area contributed by atoms with Crippen LogP contribution in [0.2, 0.25) is 0 Å². The summed E-state index contributed by atoms with van der Waals surface area (Å²) in [5, 5.41) is 1.22. The van der Waals surface area contributed by atoms with E-state index in [0.29, 0.717) is 28.6 Å². The Kier molecular flexibility index (Phi) is 6.25. The predicted octanol–water partition coefficient (Wildman–Crippen LogP) is 2.12. The van der Waals surface area contributed by atoms with E-state index in [1.54, 1.807) is 6.08 Å². The zero-order chi connectivity index (χ0) is 10.1. The molecule has 0 aliphatic heterocycles. The normalized spacial score (nSPS) is 10.9. The molecule has 3 heteroatoms. The van der Waals surface area contributed by atoms with Gasteiger partial charge in [0.05, 0.1) is 19.8 Å². The third-order valence-electron chi connectivity index (χ3n) is 1.53. The van der Waals surface area contributed by atoms with Crippen molar-refractivity contribution in [1.82, 2.24) is 0 Å². The van der Waals surface area contributed by atoms with Gasteiger partial charge in [0.1, 0.15) is 0 Å². The summed E-state index contributed by atoms with van der Waals surface area (Å²) in [6, 6.07) is 10.1. The minimum absolute atomic E-state index is 0.411. The molecule has 76 valence electrons. The molecule has 0 radical (unpaired) electrons. The molecule has 0 N–H and O–H groups in total. The van der Waals surface area contributed by atoms with Gasteiger partial charge >= 0.3 is 0 Å². The SMILES string of the molecule is C=CCOCCOPc1ccccc1. The van der Waals surface area contributed by atoms with Gasteiger partial charge in [0.25, 0.3) is 0 Å². The Morgan fingerprint density at radius 2 is 2.00 bits per heavy atom. The van der Waals surface area contributed by atoms with Crippen molar-refractivity contribution in [3.63, 3.8) is 0 Å². The number of benzene rings is 1. The first-order valence-electron chi connectivity index (χ1n) is 4.55. The van der Waals surface area contributed by atoms with E-state index in [4.69, 9.17) is 9.26 Å². The smallest absolute Gasteiger partial charge is 0.0744 e. The molecule has 0 bridgehead atoms. The summed E-state index contributed by atoms with van der Waals surface area (Å²) in [6.45, 7) is 5.43. The standard InChI is InChI=1S/C11H15O2P/c1-2-8-12-9-10-13-14-11-6-4-3-5-7-11/h2-7,14H,1,8-10H2. The predicted molar refractivity (Wildman–Crippen MR) is 61.4 cm³/mol. The van der Waals surface area contributed by atoms with Crippen LogP contribution < -0.4 is 5.30 Å². The Morgan fingerprint density at radius 1 is 1.21 bits per heavy atom. The van der Waals surface area contributed by atoms with Crippen LogP contribution in [0.4, 0.5) is 0 Å². The van der Waals surface area contributed by atoms with E-state index in [2.05, 4.69) is 18.7 Å². The minimum atomic E-state index is 0.411. The van der Waals surface area contributed by atoms with Crippen molar-refractivity contribution in [3.05, 3.63) is 43.0 Å². The molecule has 0 fully saturated rings. The molecule has 0 heterocycles. The number of rotatable bonds is 7. The molecular weight excluding hydrogens is 195 g/mol. The lowest BCUT2D eigenvalue weighted by Gasteiger charge is -2.03. The summed E-state index contributed by atoms with van der Waals surface area (Å²) in [4.78, 5) is 0. The van der Waals surface area contributed by atoms with Crippen LogP contribution in [0, 0.1) is 0 Å². The van der Waals surface area contributed by atoms with Crippen molar-refractivity contribution >= 4 is 14.1 Å². The molecule has 1 aromatic rings. The lowest BCUT2D eigenvalue weighted by atomic mass is 10.4. The molecule has 1 atom stereocenters. The highest BCUT2D eigenvalue weighted by atomic mass is 31.1. The molecule has 0 saturated carbocycles. The van der Waals surface area contributed by atoms with Gasteiger partial charge in [-0.1, -0.05) is 36.4 Å². The Hall–Kier alpha value is -0.690. The van der Waals surface area contributed by atoms with E-state index in [9.17, 15) is 0 Å². The number of hydrogen-bond acceptors (Lipinski definition) is 2. The Balaban J connectivity index is 2.02. The fraction of sp³-hybridized carbons (Fsp3) is 0.273. The van der Waals surface area contributed by atoms with E-state index in [0.717, 1.165) is 0 Å². The summed E-state index contributed by atoms with van der Waals surface area (Å²) in [7, 11) is 0.411. The van der Waals surface area contributed by atoms with E-state index < -0.39 is 0 Å². The molecular formula is C11H15O2P. The third kappa shape index (κ3) is 5.13. The second-order valence-electron chi connectivity index (χ2n) is 2.68. The van der Waals surface area contributed by atoms with E-state index in [1.807, 2.05) is 18.2 Å². The first kappa shape index (κ1) is 11.4. The van der Waals surface area contributed by atoms with Crippen molar-refractivity contribution in [2.24, 2.45) is 0 Å². The largest absolute Gasteiger partial charge is 0.375 e. The average Bonchev–Trinajstić information content (AvgIpc) is 2.25. The molecule has 2 nitrogen and oxygen atoms in total. The maximum atomic E-state index is 5.43. The van der Waals surface area contributed by atoms with Crippen LogP contribution in [0.15, 0.2) is 43.0 Å². The summed E-state index contributed by atoms with van der Waals surface area (Å²) in [5.41, 5.74) is 0. The quantitative estimate of drug-likeness (QED) is 0.390. The van der Waals surface area contributed by atoms with Gasteiger partial charge in [-0.05, 0) is 5.30 Å². The molecule has 1 rings (SSSR count). The molecule has 14 heavy (non-hydrogen) atoms. The van der Waals surface area contributed by atoms with Crippen LogP contribution in [-0.2, 0) is 9.26 Å². The van der Waals surface area contributed by atoms with Gasteiger partial charge in [0.2, 0.25) is 0 Å². The van der Waals surface area contributed by atoms with Gasteiger partial charge < -0.3 is 9.26 Å². The molecule has 0 amide bonds. The Labute approximate surface area is 86.8 Å². The molecule has 0 spiro atoms. The van der Waals surface area contributed by atoms with Crippen LogP contribution in [0.25, 0.3) is 0 Å². The topological polar surface area (TPSA) is 18.5 Å². The molecule has 1 unspecified atom stereocenters. The van der Waals surface area contributed by atoms with Crippen molar-refractivity contribution in [2.45, 2.75) is 0 Å². The fourth-order valence-corrected chi connectivity index (χ4v) is 1.59. The maximum Gasteiger partial charge on any atom is 0.0744 e. The van der Waals surface area contributed by atoms with Crippen LogP contribution in [-0.4, -0.2) is 19.8 Å². The summed E-state index contributed by atoms with van der Waals surface area (Å²) < 4.78 is 10.6. The zero-order valence-electron chi connectivity index (χ0n) is 8.11. The third-order valence-corrected chi connectivity index (χ3v) is 2.45. The van der Waals surface area contributed by atoms with Crippen LogP contribution in [0.1, 0.15) is 0 Å². The second kappa shape index (κ2) is 7.69. The summed E-state index contributed by atoms with van der Waals surface area (Å²) in [5.74, 6) is 0. The lowest BCUT2D eigenvalue weighted by molar-refractivity contribution is 0.128. The Morgan fingerprint density at radius 3 is 2.71 bits per heavy atom. The zero-order valence-corrected chi connectivity index (χ0v) is 9.11. The monoisotopic (exact) mass is 210 g/mol. The molecule has 1 aromatic carbocycles. The molecule has 0 aliphatic rings. The maximum absolute atomic E-state index is 5.43. The highest BCUT2D eigenvalue weighted by Gasteiger charge is 1.91. The number of hydrogen-bond donors (Lipinski definition) is 0. The van der Waals surface area contributed by atoms with Crippen LogP contribution in [0.3, 0.4) is 0 Å². The summed E-state index contributed by atoms with van der Waals surface area (Å²) >= 11 is 0. The van der Waals surface area contributed by atoms with Gasteiger partial charge in [0, 0.05) is 8.81 Å². The van der Waals surface area contributed by atoms with Crippen molar-refractivity contribution < 1.29 is 9.26 Å². The first-order valence-corrected chi connectivity index (χ1v) is 5.46. The molecule has 0 aromatic heterocycles. The summed E-state index contributed by atoms with van der Waals surface area (Å²) in [6.07, 6.45) is 1.74. The number of ether oxygens (including phenoxy) is 1. The van der Waals surface area contributed by atoms with Gasteiger partial charge in [-0.25, -0.2) is 0 Å². The van der Waals surface area contributed by atoms with Crippen molar-refractivity contribution in [3.8, 4) is 0 Å². The highest BCUT2D eigenvalue weighted by Crippen LogP contribution is 2.10.